The van der Waals surface area contributed by atoms with Crippen LogP contribution >= 0.6 is 11.6 Å². The molecule has 0 unspecified atom stereocenters. The average molecular weight is 369 g/mol. The monoisotopic (exact) mass is 368 g/mol. The lowest BCUT2D eigenvalue weighted by atomic mass is 9.79. The standard InChI is InChI=1S/C18H30BClO3Si/c1-16(2,3)24(8,9)21-15-11-10-13(12-14(15)20)19-22-17(4,5)18(6,7)23-19/h10-12H,1-9H3. The molecule has 134 valence electrons. The van der Waals surface area contributed by atoms with Crippen molar-refractivity contribution < 1.29 is 13.7 Å². The van der Waals surface area contributed by atoms with E-state index in [1.165, 1.54) is 0 Å². The maximum atomic E-state index is 6.49. The fourth-order valence-corrected chi connectivity index (χ4v) is 3.48. The first kappa shape index (κ1) is 19.8. The second-order valence-electron chi connectivity index (χ2n) is 9.14. The zero-order valence-corrected chi connectivity index (χ0v) is 18.2. The van der Waals surface area contributed by atoms with Gasteiger partial charge in [-0.1, -0.05) is 38.4 Å². The van der Waals surface area contributed by atoms with Crippen molar-refractivity contribution >= 4 is 32.5 Å². The lowest BCUT2D eigenvalue weighted by Crippen LogP contribution is -2.44. The Balaban J connectivity index is 2.23. The largest absolute Gasteiger partial charge is 0.543 e. The van der Waals surface area contributed by atoms with E-state index in [2.05, 4.69) is 33.9 Å². The van der Waals surface area contributed by atoms with Crippen LogP contribution in [0, 0.1) is 0 Å². The highest BCUT2D eigenvalue weighted by atomic mass is 35.5. The smallest absolute Gasteiger partial charge is 0.494 e. The number of hydrogen-bond acceptors (Lipinski definition) is 3. The summed E-state index contributed by atoms with van der Waals surface area (Å²) in [5, 5.41) is 0.729. The van der Waals surface area contributed by atoms with E-state index in [1.54, 1.807) is 0 Å². The van der Waals surface area contributed by atoms with Crippen molar-refractivity contribution in [1.29, 1.82) is 0 Å². The Morgan fingerprint density at radius 1 is 1.04 bits per heavy atom. The van der Waals surface area contributed by atoms with Crippen molar-refractivity contribution in [2.24, 2.45) is 0 Å². The topological polar surface area (TPSA) is 27.7 Å². The molecule has 1 aliphatic rings. The molecular weight excluding hydrogens is 339 g/mol. The Hall–Kier alpha value is -0.488. The highest BCUT2D eigenvalue weighted by Crippen LogP contribution is 2.40. The zero-order chi connectivity index (χ0) is 18.6. The van der Waals surface area contributed by atoms with E-state index >= 15 is 0 Å². The molecule has 1 heterocycles. The van der Waals surface area contributed by atoms with E-state index in [0.29, 0.717) is 5.02 Å². The highest BCUT2D eigenvalue weighted by molar-refractivity contribution is 6.74. The molecule has 0 aliphatic carbocycles. The van der Waals surface area contributed by atoms with E-state index in [-0.39, 0.29) is 16.2 Å². The van der Waals surface area contributed by atoms with Crippen LogP contribution in [0.25, 0.3) is 0 Å². The van der Waals surface area contributed by atoms with Gasteiger partial charge in [0.15, 0.2) is 0 Å². The second kappa shape index (κ2) is 6.05. The molecule has 1 aromatic rings. The van der Waals surface area contributed by atoms with Crippen LogP contribution < -0.4 is 9.89 Å². The summed E-state index contributed by atoms with van der Waals surface area (Å²) in [5.74, 6) is 0.739. The Bertz CT molecular complexity index is 607. The van der Waals surface area contributed by atoms with Gasteiger partial charge >= 0.3 is 7.12 Å². The molecule has 24 heavy (non-hydrogen) atoms. The second-order valence-corrected chi connectivity index (χ2v) is 14.3. The van der Waals surface area contributed by atoms with Crippen LogP contribution in [0.5, 0.6) is 5.75 Å². The Labute approximate surface area is 153 Å². The van der Waals surface area contributed by atoms with Crippen LogP contribution in [0.3, 0.4) is 0 Å². The van der Waals surface area contributed by atoms with Crippen LogP contribution in [0.1, 0.15) is 48.5 Å². The third-order valence-corrected chi connectivity index (χ3v) is 10.3. The van der Waals surface area contributed by atoms with E-state index < -0.39 is 15.4 Å². The molecule has 0 amide bonds. The number of benzene rings is 1. The number of hydrogen-bond donors (Lipinski definition) is 0. The third kappa shape index (κ3) is 3.69. The molecule has 2 rings (SSSR count). The van der Waals surface area contributed by atoms with Gasteiger partial charge in [-0.3, -0.25) is 0 Å². The van der Waals surface area contributed by atoms with E-state index in [0.717, 1.165) is 11.2 Å². The molecule has 0 atom stereocenters. The van der Waals surface area contributed by atoms with Gasteiger partial charge in [0, 0.05) is 0 Å². The van der Waals surface area contributed by atoms with Crippen molar-refractivity contribution in [3.63, 3.8) is 0 Å². The molecule has 0 aromatic heterocycles. The Morgan fingerprint density at radius 2 is 1.54 bits per heavy atom. The van der Waals surface area contributed by atoms with Gasteiger partial charge in [-0.2, -0.15) is 0 Å². The Kier molecular flexibility index (Phi) is 5.00. The van der Waals surface area contributed by atoms with Gasteiger partial charge in [-0.15, -0.1) is 0 Å². The van der Waals surface area contributed by atoms with Gasteiger partial charge in [0.25, 0.3) is 8.32 Å². The van der Waals surface area contributed by atoms with Gasteiger partial charge in [-0.05, 0) is 63.4 Å². The van der Waals surface area contributed by atoms with Crippen LogP contribution in [-0.2, 0) is 9.31 Å². The molecule has 0 saturated carbocycles. The third-order valence-electron chi connectivity index (χ3n) is 5.65. The summed E-state index contributed by atoms with van der Waals surface area (Å²) in [4.78, 5) is 0. The van der Waals surface area contributed by atoms with Gasteiger partial charge in [0.1, 0.15) is 5.75 Å². The Morgan fingerprint density at radius 3 is 1.96 bits per heavy atom. The van der Waals surface area contributed by atoms with Gasteiger partial charge in [0.2, 0.25) is 0 Å². The quantitative estimate of drug-likeness (QED) is 0.701. The molecule has 1 saturated heterocycles. The lowest BCUT2D eigenvalue weighted by molar-refractivity contribution is 0.00578. The van der Waals surface area contributed by atoms with Crippen molar-refractivity contribution in [3.05, 3.63) is 23.2 Å². The molecule has 6 heteroatoms. The van der Waals surface area contributed by atoms with E-state index in [4.69, 9.17) is 25.3 Å². The fraction of sp³-hybridized carbons (Fsp3) is 0.667. The van der Waals surface area contributed by atoms with Crippen LogP contribution in [0.2, 0.25) is 23.2 Å². The summed E-state index contributed by atoms with van der Waals surface area (Å²) >= 11 is 6.49. The molecule has 3 nitrogen and oxygen atoms in total. The van der Waals surface area contributed by atoms with Crippen molar-refractivity contribution in [2.75, 3.05) is 0 Å². The molecule has 1 aliphatic heterocycles. The van der Waals surface area contributed by atoms with Gasteiger partial charge in [-0.25, -0.2) is 0 Å². The van der Waals surface area contributed by atoms with Crippen LogP contribution in [-0.4, -0.2) is 26.6 Å². The molecule has 0 N–H and O–H groups in total. The lowest BCUT2D eigenvalue weighted by Gasteiger charge is -2.36. The summed E-state index contributed by atoms with van der Waals surface area (Å²) in [7, 11) is -2.33. The first-order valence-corrected chi connectivity index (χ1v) is 11.8. The zero-order valence-electron chi connectivity index (χ0n) is 16.4. The number of rotatable bonds is 3. The molecule has 1 aromatic carbocycles. The van der Waals surface area contributed by atoms with Crippen LogP contribution in [0.4, 0.5) is 0 Å². The highest BCUT2D eigenvalue weighted by Gasteiger charge is 2.51. The summed E-state index contributed by atoms with van der Waals surface area (Å²) in [6.45, 7) is 19.3. The summed E-state index contributed by atoms with van der Waals surface area (Å²) in [5.41, 5.74) is 0.196. The van der Waals surface area contributed by atoms with Crippen LogP contribution in [0.15, 0.2) is 18.2 Å². The van der Waals surface area contributed by atoms with Gasteiger partial charge < -0.3 is 13.7 Å². The maximum Gasteiger partial charge on any atom is 0.494 e. The van der Waals surface area contributed by atoms with Crippen molar-refractivity contribution in [1.82, 2.24) is 0 Å². The van der Waals surface area contributed by atoms with Crippen molar-refractivity contribution in [2.45, 2.75) is 77.8 Å². The van der Waals surface area contributed by atoms with Crippen molar-refractivity contribution in [3.8, 4) is 5.75 Å². The summed E-state index contributed by atoms with van der Waals surface area (Å²) in [6.07, 6.45) is 0. The predicted octanol–water partition coefficient (Wildman–Crippen LogP) is 5.02. The molecule has 0 spiro atoms. The number of halogens is 1. The normalized spacial score (nSPS) is 20.3. The summed E-state index contributed by atoms with van der Waals surface area (Å²) in [6, 6.07) is 5.81. The predicted molar refractivity (Wildman–Crippen MR) is 105 cm³/mol. The first-order chi connectivity index (χ1) is 10.7. The molecule has 0 radical (unpaired) electrons. The van der Waals surface area contributed by atoms with E-state index in [9.17, 15) is 0 Å². The minimum atomic E-state index is -1.92. The minimum absolute atomic E-state index is 0.126. The average Bonchev–Trinajstić information content (AvgIpc) is 2.59. The molecule has 1 fully saturated rings. The fourth-order valence-electron chi connectivity index (χ4n) is 2.15. The molecular formula is C18H30BClO3Si. The maximum absolute atomic E-state index is 6.49. The van der Waals surface area contributed by atoms with Gasteiger partial charge in [0.05, 0.1) is 16.2 Å². The SMILES string of the molecule is CC1(C)OB(c2ccc(O[Si](C)(C)C(C)(C)C)c(Cl)c2)OC1(C)C. The minimum Gasteiger partial charge on any atom is -0.543 e. The van der Waals surface area contributed by atoms with E-state index in [1.807, 2.05) is 45.9 Å². The summed E-state index contributed by atoms with van der Waals surface area (Å²) < 4.78 is 18.5. The molecule has 0 bridgehead atoms. The first-order valence-electron chi connectivity index (χ1n) is 8.50.